The number of nitrogens with zero attached hydrogens (tertiary/aromatic N) is 1. The van der Waals surface area contributed by atoms with Crippen LogP contribution in [0.25, 0.3) is 17.4 Å². The minimum Gasteiger partial charge on any atom is -0.461 e. The number of halogens is 2. The van der Waals surface area contributed by atoms with E-state index in [1.165, 1.54) is 6.08 Å². The fourth-order valence-electron chi connectivity index (χ4n) is 1.83. The predicted octanol–water partition coefficient (Wildman–Crippen LogP) is 5.36. The Bertz CT molecular complexity index is 816. The second kappa shape index (κ2) is 8.05. The number of nitriles is 1. The van der Waals surface area contributed by atoms with Gasteiger partial charge >= 0.3 is 5.97 Å². The van der Waals surface area contributed by atoms with Crippen molar-refractivity contribution in [1.29, 1.82) is 5.26 Å². The smallest absolute Gasteiger partial charge is 0.349 e. The lowest BCUT2D eigenvalue weighted by Crippen LogP contribution is -2.11. The molecule has 0 amide bonds. The Morgan fingerprint density at radius 2 is 2.04 bits per heavy atom. The highest BCUT2D eigenvalue weighted by molar-refractivity contribution is 6.42. The molecule has 0 saturated carbocycles. The highest BCUT2D eigenvalue weighted by Gasteiger charge is 2.13. The van der Waals surface area contributed by atoms with E-state index < -0.39 is 5.97 Å². The highest BCUT2D eigenvalue weighted by atomic mass is 35.5. The molecule has 0 radical (unpaired) electrons. The molecular weight excluding hydrogens is 349 g/mol. The standard InChI is InChI=1S/C18H15Cl2NO3/c1-11(2)10-23-18(22)13(9-21)7-14-4-6-17(24-14)12-3-5-15(19)16(20)8-12/h3-8,11H,10H2,1-2H3/b13-7-. The number of esters is 1. The largest absolute Gasteiger partial charge is 0.461 e. The van der Waals surface area contributed by atoms with Gasteiger partial charge in [0.1, 0.15) is 23.2 Å². The molecule has 4 nitrogen and oxygen atoms in total. The third-order valence-corrected chi connectivity index (χ3v) is 3.74. The summed E-state index contributed by atoms with van der Waals surface area (Å²) >= 11 is 11.9. The van der Waals surface area contributed by atoms with Gasteiger partial charge in [-0.25, -0.2) is 4.79 Å². The van der Waals surface area contributed by atoms with Crippen LogP contribution in [-0.4, -0.2) is 12.6 Å². The predicted molar refractivity (Wildman–Crippen MR) is 93.6 cm³/mol. The Morgan fingerprint density at radius 1 is 1.29 bits per heavy atom. The van der Waals surface area contributed by atoms with Crippen LogP contribution in [0.1, 0.15) is 19.6 Å². The molecule has 1 aromatic carbocycles. The lowest BCUT2D eigenvalue weighted by Gasteiger charge is -2.05. The van der Waals surface area contributed by atoms with E-state index >= 15 is 0 Å². The second-order valence-corrected chi connectivity index (χ2v) is 6.31. The van der Waals surface area contributed by atoms with E-state index in [1.807, 2.05) is 19.9 Å². The molecule has 0 spiro atoms. The molecule has 2 rings (SSSR count). The number of rotatable bonds is 5. The van der Waals surface area contributed by atoms with Crippen LogP contribution in [0.2, 0.25) is 10.0 Å². The first kappa shape index (κ1) is 18.1. The highest BCUT2D eigenvalue weighted by Crippen LogP contribution is 2.30. The number of hydrogen-bond donors (Lipinski definition) is 0. The van der Waals surface area contributed by atoms with Crippen LogP contribution in [0, 0.1) is 17.2 Å². The number of carbonyl (C=O) groups is 1. The van der Waals surface area contributed by atoms with Gasteiger partial charge in [-0.15, -0.1) is 0 Å². The van der Waals surface area contributed by atoms with Crippen molar-refractivity contribution in [2.75, 3.05) is 6.61 Å². The van der Waals surface area contributed by atoms with Gasteiger partial charge in [-0.3, -0.25) is 0 Å². The van der Waals surface area contributed by atoms with E-state index in [0.29, 0.717) is 21.6 Å². The van der Waals surface area contributed by atoms with Gasteiger partial charge in [0.2, 0.25) is 0 Å². The van der Waals surface area contributed by atoms with E-state index in [1.54, 1.807) is 30.3 Å². The summed E-state index contributed by atoms with van der Waals surface area (Å²) in [5, 5.41) is 9.99. The van der Waals surface area contributed by atoms with Gasteiger partial charge < -0.3 is 9.15 Å². The van der Waals surface area contributed by atoms with Crippen molar-refractivity contribution in [3.05, 3.63) is 51.7 Å². The quantitative estimate of drug-likeness (QED) is 0.407. The zero-order chi connectivity index (χ0) is 17.7. The Balaban J connectivity index is 2.21. The average molecular weight is 364 g/mol. The van der Waals surface area contributed by atoms with Gasteiger partial charge in [-0.1, -0.05) is 37.0 Å². The van der Waals surface area contributed by atoms with E-state index in [9.17, 15) is 4.79 Å². The summed E-state index contributed by atoms with van der Waals surface area (Å²) < 4.78 is 10.7. The topological polar surface area (TPSA) is 63.2 Å². The number of ether oxygens (including phenoxy) is 1. The zero-order valence-electron chi connectivity index (χ0n) is 13.2. The molecule has 124 valence electrons. The van der Waals surface area contributed by atoms with Crippen molar-refractivity contribution >= 4 is 35.2 Å². The molecule has 0 aliphatic carbocycles. The first-order valence-electron chi connectivity index (χ1n) is 7.25. The third kappa shape index (κ3) is 4.64. The summed E-state index contributed by atoms with van der Waals surface area (Å²) in [6, 6.07) is 10.3. The van der Waals surface area contributed by atoms with Crippen LogP contribution < -0.4 is 0 Å². The molecule has 0 unspecified atom stereocenters. The van der Waals surface area contributed by atoms with Crippen LogP contribution in [0.5, 0.6) is 0 Å². The lowest BCUT2D eigenvalue weighted by atomic mass is 10.2. The van der Waals surface area contributed by atoms with Crippen molar-refractivity contribution in [1.82, 2.24) is 0 Å². The molecule has 0 saturated heterocycles. The Morgan fingerprint density at radius 3 is 2.67 bits per heavy atom. The fourth-order valence-corrected chi connectivity index (χ4v) is 2.13. The third-order valence-electron chi connectivity index (χ3n) is 3.01. The number of benzene rings is 1. The van der Waals surface area contributed by atoms with Gasteiger partial charge in [0.25, 0.3) is 0 Å². The summed E-state index contributed by atoms with van der Waals surface area (Å²) in [6.07, 6.45) is 1.35. The Hall–Kier alpha value is -2.22. The number of hydrogen-bond acceptors (Lipinski definition) is 4. The average Bonchev–Trinajstić information content (AvgIpc) is 3.01. The molecule has 0 atom stereocenters. The first-order chi connectivity index (χ1) is 11.4. The molecular formula is C18H15Cl2NO3. The van der Waals surface area contributed by atoms with E-state index in [0.717, 1.165) is 5.56 Å². The number of carbonyl (C=O) groups excluding carboxylic acids is 1. The van der Waals surface area contributed by atoms with Crippen molar-refractivity contribution < 1.29 is 13.9 Å². The fraction of sp³-hybridized carbons (Fsp3) is 0.222. The van der Waals surface area contributed by atoms with Gasteiger partial charge in [-0.2, -0.15) is 5.26 Å². The monoisotopic (exact) mass is 363 g/mol. The van der Waals surface area contributed by atoms with Crippen molar-refractivity contribution in [2.45, 2.75) is 13.8 Å². The summed E-state index contributed by atoms with van der Waals surface area (Å²) in [4.78, 5) is 11.9. The maximum absolute atomic E-state index is 11.9. The van der Waals surface area contributed by atoms with Crippen LogP contribution >= 0.6 is 23.2 Å². The molecule has 6 heteroatoms. The van der Waals surface area contributed by atoms with E-state index in [-0.39, 0.29) is 18.1 Å². The number of furan rings is 1. The molecule has 0 bridgehead atoms. The van der Waals surface area contributed by atoms with Crippen LogP contribution in [-0.2, 0) is 9.53 Å². The molecule has 1 aromatic heterocycles. The summed E-state index contributed by atoms with van der Waals surface area (Å²) in [6.45, 7) is 4.09. The van der Waals surface area contributed by atoms with Crippen molar-refractivity contribution in [3.8, 4) is 17.4 Å². The Kier molecular flexibility index (Phi) is 6.08. The maximum Gasteiger partial charge on any atom is 0.349 e. The molecule has 0 fully saturated rings. The minimum atomic E-state index is -0.668. The van der Waals surface area contributed by atoms with Gasteiger partial charge in [0.05, 0.1) is 16.7 Å². The SMILES string of the molecule is CC(C)COC(=O)/C(C#N)=C\c1ccc(-c2ccc(Cl)c(Cl)c2)o1. The van der Waals surface area contributed by atoms with Crippen LogP contribution in [0.4, 0.5) is 0 Å². The molecule has 0 aliphatic rings. The van der Waals surface area contributed by atoms with Gasteiger partial charge in [-0.05, 0) is 36.2 Å². The van der Waals surface area contributed by atoms with Crippen LogP contribution in [0.3, 0.4) is 0 Å². The van der Waals surface area contributed by atoms with Crippen molar-refractivity contribution in [2.24, 2.45) is 5.92 Å². The summed E-state index contributed by atoms with van der Waals surface area (Å²) in [5.41, 5.74) is 0.621. The van der Waals surface area contributed by atoms with E-state index in [2.05, 4.69) is 0 Å². The van der Waals surface area contributed by atoms with Crippen molar-refractivity contribution in [3.63, 3.8) is 0 Å². The molecule has 2 aromatic rings. The zero-order valence-corrected chi connectivity index (χ0v) is 14.7. The Labute approximate surface area is 150 Å². The summed E-state index contributed by atoms with van der Waals surface area (Å²) in [7, 11) is 0. The first-order valence-corrected chi connectivity index (χ1v) is 8.00. The van der Waals surface area contributed by atoms with Gasteiger partial charge in [0.15, 0.2) is 0 Å². The molecule has 1 heterocycles. The van der Waals surface area contributed by atoms with Gasteiger partial charge in [0, 0.05) is 11.6 Å². The molecule has 0 N–H and O–H groups in total. The lowest BCUT2D eigenvalue weighted by molar-refractivity contribution is -0.139. The normalized spacial score (nSPS) is 11.4. The second-order valence-electron chi connectivity index (χ2n) is 5.49. The molecule has 24 heavy (non-hydrogen) atoms. The summed E-state index contributed by atoms with van der Waals surface area (Å²) in [5.74, 6) is 0.444. The minimum absolute atomic E-state index is 0.120. The van der Waals surface area contributed by atoms with Crippen LogP contribution in [0.15, 0.2) is 40.3 Å². The molecule has 0 aliphatic heterocycles. The maximum atomic E-state index is 11.9. The van der Waals surface area contributed by atoms with E-state index in [4.69, 9.17) is 37.6 Å².